The number of nitrogens with zero attached hydrogens (tertiary/aromatic N) is 1. The average molecular weight is 839 g/mol. The number of hydrogen-bond acceptors (Lipinski definition) is 10. The molecular formula is C37H33Br2N3O10. The van der Waals surface area contributed by atoms with Crippen molar-refractivity contribution in [2.75, 3.05) is 47.6 Å². The fraction of sp³-hybridized carbons (Fsp3) is 0.189. The molecule has 270 valence electrons. The van der Waals surface area contributed by atoms with E-state index in [0.29, 0.717) is 32.7 Å². The maximum absolute atomic E-state index is 12.3. The first kappa shape index (κ1) is 39.2. The number of methoxy groups -OCH3 is 2. The van der Waals surface area contributed by atoms with E-state index in [1.807, 2.05) is 0 Å². The van der Waals surface area contributed by atoms with Gasteiger partial charge in [0.15, 0.2) is 0 Å². The van der Waals surface area contributed by atoms with Gasteiger partial charge in [-0.3, -0.25) is 24.1 Å². The summed E-state index contributed by atoms with van der Waals surface area (Å²) in [5.74, 6) is -1.78. The summed E-state index contributed by atoms with van der Waals surface area (Å²) in [6, 6.07) is 23.1. The number of benzene rings is 4. The van der Waals surface area contributed by atoms with Crippen LogP contribution in [0.4, 0.5) is 0 Å². The second kappa shape index (κ2) is 18.6. The van der Waals surface area contributed by atoms with E-state index in [1.165, 1.54) is 21.3 Å². The minimum absolute atomic E-state index is 0.0666. The zero-order valence-electron chi connectivity index (χ0n) is 28.2. The molecule has 0 bridgehead atoms. The molecule has 0 aromatic heterocycles. The molecule has 2 N–H and O–H groups in total. The number of esters is 2. The van der Waals surface area contributed by atoms with Crippen molar-refractivity contribution >= 4 is 67.4 Å². The number of halogens is 2. The number of ether oxygens (including phenoxy) is 4. The van der Waals surface area contributed by atoms with Gasteiger partial charge in [0.1, 0.15) is 35.8 Å². The minimum atomic E-state index is -0.531. The van der Waals surface area contributed by atoms with Crippen LogP contribution >= 0.6 is 31.9 Å². The van der Waals surface area contributed by atoms with Crippen molar-refractivity contribution in [3.63, 3.8) is 0 Å². The number of hydrogen-bond donors (Lipinski definition) is 2. The Morgan fingerprint density at radius 2 is 1.10 bits per heavy atom. The zero-order chi connectivity index (χ0) is 37.8. The third-order valence-electron chi connectivity index (χ3n) is 7.43. The van der Waals surface area contributed by atoms with E-state index in [1.54, 1.807) is 84.9 Å². The Labute approximate surface area is 315 Å². The number of imide groups is 1. The summed E-state index contributed by atoms with van der Waals surface area (Å²) < 4.78 is 22.1. The van der Waals surface area contributed by atoms with Crippen molar-refractivity contribution < 1.29 is 47.7 Å². The van der Waals surface area contributed by atoms with E-state index in [2.05, 4.69) is 42.5 Å². The van der Waals surface area contributed by atoms with Crippen LogP contribution < -0.4 is 20.1 Å². The summed E-state index contributed by atoms with van der Waals surface area (Å²) in [5, 5.41) is 5.19. The van der Waals surface area contributed by atoms with Gasteiger partial charge < -0.3 is 29.6 Å². The van der Waals surface area contributed by atoms with Crippen LogP contribution in [0.3, 0.4) is 0 Å². The zero-order valence-corrected chi connectivity index (χ0v) is 31.4. The first-order valence-corrected chi connectivity index (χ1v) is 17.1. The molecule has 0 aliphatic carbocycles. The van der Waals surface area contributed by atoms with Gasteiger partial charge in [-0.1, -0.05) is 56.1 Å². The molecule has 4 aromatic carbocycles. The van der Waals surface area contributed by atoms with Crippen molar-refractivity contribution in [1.29, 1.82) is 0 Å². The number of fused-ring (bicyclic) bond motifs is 1. The van der Waals surface area contributed by atoms with E-state index in [0.717, 1.165) is 9.37 Å². The van der Waals surface area contributed by atoms with Gasteiger partial charge in [0.05, 0.1) is 49.6 Å². The molecule has 52 heavy (non-hydrogen) atoms. The monoisotopic (exact) mass is 837 g/mol. The third kappa shape index (κ3) is 9.61. The predicted molar refractivity (Wildman–Crippen MR) is 196 cm³/mol. The predicted octanol–water partition coefficient (Wildman–Crippen LogP) is 5.31. The van der Waals surface area contributed by atoms with Crippen LogP contribution in [-0.2, 0) is 9.47 Å². The van der Waals surface area contributed by atoms with Crippen molar-refractivity contribution in [2.24, 2.45) is 0 Å². The van der Waals surface area contributed by atoms with E-state index >= 15 is 0 Å². The second-order valence-electron chi connectivity index (χ2n) is 10.6. The average Bonchev–Trinajstić information content (AvgIpc) is 3.41. The van der Waals surface area contributed by atoms with Crippen molar-refractivity contribution in [1.82, 2.24) is 15.5 Å². The van der Waals surface area contributed by atoms with Gasteiger partial charge in [-0.05, 0) is 60.7 Å². The molecule has 0 unspecified atom stereocenters. The Hall–Kier alpha value is -5.54. The quantitative estimate of drug-likeness (QED) is 0.108. The molecular weight excluding hydrogens is 806 g/mol. The first-order chi connectivity index (χ1) is 25.0. The van der Waals surface area contributed by atoms with Gasteiger partial charge in [0, 0.05) is 16.0 Å². The fourth-order valence-corrected chi connectivity index (χ4v) is 5.64. The van der Waals surface area contributed by atoms with Crippen LogP contribution in [0.15, 0.2) is 93.9 Å². The summed E-state index contributed by atoms with van der Waals surface area (Å²) >= 11 is 6.58. The third-order valence-corrected chi connectivity index (χ3v) is 8.42. The van der Waals surface area contributed by atoms with E-state index in [9.17, 15) is 28.8 Å². The molecule has 4 aromatic rings. The van der Waals surface area contributed by atoms with Gasteiger partial charge in [0.25, 0.3) is 23.6 Å². The lowest BCUT2D eigenvalue weighted by Crippen LogP contribution is -2.33. The molecule has 0 spiro atoms. The van der Waals surface area contributed by atoms with Crippen LogP contribution in [-0.4, -0.2) is 88.0 Å². The number of amides is 4. The number of carbonyl (C=O) groups excluding carboxylic acids is 6. The Morgan fingerprint density at radius 1 is 0.635 bits per heavy atom. The summed E-state index contributed by atoms with van der Waals surface area (Å²) in [7, 11) is 4.07. The number of rotatable bonds is 12. The van der Waals surface area contributed by atoms with Gasteiger partial charge >= 0.3 is 11.9 Å². The highest BCUT2D eigenvalue weighted by molar-refractivity contribution is 9.10. The van der Waals surface area contributed by atoms with Gasteiger partial charge in [-0.2, -0.15) is 0 Å². The SMILES string of the molecule is CNC(=O)c1ccccc1C(=O)NCCOc1ccc(Br)cc1C(=O)OC.COC(=O)c1cc(Br)ccc1OCCN1C(=O)c2ccccc2C1=O. The van der Waals surface area contributed by atoms with E-state index < -0.39 is 11.9 Å². The Kier molecular flexibility index (Phi) is 14.1. The minimum Gasteiger partial charge on any atom is -0.491 e. The van der Waals surface area contributed by atoms with Crippen LogP contribution in [0.1, 0.15) is 62.1 Å². The van der Waals surface area contributed by atoms with Crippen molar-refractivity contribution in [2.45, 2.75) is 0 Å². The first-order valence-electron chi connectivity index (χ1n) is 15.6. The molecule has 13 nitrogen and oxygen atoms in total. The maximum atomic E-state index is 12.3. The van der Waals surface area contributed by atoms with Gasteiger partial charge in [-0.15, -0.1) is 0 Å². The lowest BCUT2D eigenvalue weighted by molar-refractivity contribution is 0.0581. The summed E-state index contributed by atoms with van der Waals surface area (Å²) in [6.45, 7) is 0.483. The lowest BCUT2D eigenvalue weighted by Gasteiger charge is -2.15. The number of nitrogens with one attached hydrogen (secondary N) is 2. The Balaban J connectivity index is 0.000000233. The molecule has 15 heteroatoms. The van der Waals surface area contributed by atoms with Crippen LogP contribution in [0.5, 0.6) is 11.5 Å². The normalized spacial score (nSPS) is 11.4. The molecule has 0 fully saturated rings. The smallest absolute Gasteiger partial charge is 0.341 e. The molecule has 1 aliphatic heterocycles. The number of carbonyl (C=O) groups is 6. The highest BCUT2D eigenvalue weighted by Gasteiger charge is 2.34. The largest absolute Gasteiger partial charge is 0.491 e. The molecule has 4 amide bonds. The summed E-state index contributed by atoms with van der Waals surface area (Å²) in [6.07, 6.45) is 0. The van der Waals surface area contributed by atoms with Gasteiger partial charge in [-0.25, -0.2) is 9.59 Å². The van der Waals surface area contributed by atoms with E-state index in [-0.39, 0.29) is 66.6 Å². The topological polar surface area (TPSA) is 167 Å². The Morgan fingerprint density at radius 3 is 1.58 bits per heavy atom. The van der Waals surface area contributed by atoms with Crippen molar-refractivity contribution in [3.8, 4) is 11.5 Å². The highest BCUT2D eigenvalue weighted by atomic mass is 79.9. The highest BCUT2D eigenvalue weighted by Crippen LogP contribution is 2.26. The second-order valence-corrected chi connectivity index (χ2v) is 12.5. The molecule has 0 saturated heterocycles. The lowest BCUT2D eigenvalue weighted by atomic mass is 10.1. The molecule has 0 atom stereocenters. The Bertz CT molecular complexity index is 1970. The van der Waals surface area contributed by atoms with Gasteiger partial charge in [0.2, 0.25) is 0 Å². The molecule has 1 aliphatic rings. The van der Waals surface area contributed by atoms with E-state index in [4.69, 9.17) is 18.9 Å². The standard InChI is InChI=1S/C19H19BrN2O5.C18H14BrNO5/c1-21-17(23)13-5-3-4-6-14(13)18(24)22-9-10-27-16-8-7-12(20)11-15(16)19(25)26-2;1-24-18(23)14-10-11(19)6-7-15(14)25-9-8-20-16(21)12-4-2-3-5-13(12)17(20)22/h3-8,11H,9-10H2,1-2H3,(H,21,23)(H,22,24);2-7,10H,8-9H2,1H3. The molecule has 0 saturated carbocycles. The fourth-order valence-electron chi connectivity index (χ4n) is 4.92. The van der Waals surface area contributed by atoms with Crippen LogP contribution in [0.25, 0.3) is 0 Å². The molecule has 5 rings (SSSR count). The van der Waals surface area contributed by atoms with Crippen molar-refractivity contribution in [3.05, 3.63) is 127 Å². The maximum Gasteiger partial charge on any atom is 0.341 e. The summed E-state index contributed by atoms with van der Waals surface area (Å²) in [4.78, 5) is 73.5. The summed E-state index contributed by atoms with van der Waals surface area (Å²) in [5.41, 5.74) is 1.90. The molecule has 1 heterocycles. The van der Waals surface area contributed by atoms with Crippen LogP contribution in [0.2, 0.25) is 0 Å². The molecule has 0 radical (unpaired) electrons. The van der Waals surface area contributed by atoms with Crippen LogP contribution in [0, 0.1) is 0 Å².